The number of hydrogen-bond donors (Lipinski definition) is 0. The molecule has 0 N–H and O–H groups in total. The number of fused-ring (bicyclic) bond motifs is 2. The van der Waals surface area contributed by atoms with Crippen molar-refractivity contribution >= 4 is 10.9 Å². The van der Waals surface area contributed by atoms with Gasteiger partial charge in [0.2, 0.25) is 0 Å². The molecule has 0 radical (unpaired) electrons. The Morgan fingerprint density at radius 3 is 2.56 bits per heavy atom. The fourth-order valence-electron chi connectivity index (χ4n) is 4.58. The van der Waals surface area contributed by atoms with Crippen LogP contribution in [0.5, 0.6) is 5.75 Å². The Balaban J connectivity index is 1.47. The summed E-state index contributed by atoms with van der Waals surface area (Å²) in [5.41, 5.74) is 6.34. The summed E-state index contributed by atoms with van der Waals surface area (Å²) in [7, 11) is 0. The summed E-state index contributed by atoms with van der Waals surface area (Å²) in [5, 5.41) is 6.22. The predicted molar refractivity (Wildman–Crippen MR) is 125 cm³/mol. The summed E-state index contributed by atoms with van der Waals surface area (Å²) < 4.78 is 8.26. The van der Waals surface area contributed by atoms with Gasteiger partial charge in [0, 0.05) is 29.0 Å². The molecule has 6 rings (SSSR count). The molecule has 156 valence electrons. The van der Waals surface area contributed by atoms with E-state index in [4.69, 9.17) is 9.84 Å². The number of rotatable bonds is 5. The molecule has 1 aliphatic heterocycles. The van der Waals surface area contributed by atoms with Crippen molar-refractivity contribution < 1.29 is 4.74 Å². The minimum Gasteiger partial charge on any atom is -0.491 e. The molecule has 4 heterocycles. The SMILES string of the molecule is c1ccc(OCC2CCc3c(-c4ccnc5ccccc45)c(-c4ccccn4)nn32)cc1. The van der Waals surface area contributed by atoms with Crippen LogP contribution in [0.4, 0.5) is 0 Å². The highest BCUT2D eigenvalue weighted by Gasteiger charge is 2.31. The summed E-state index contributed by atoms with van der Waals surface area (Å²) in [4.78, 5) is 9.19. The normalized spacial score (nSPS) is 15.1. The number of pyridine rings is 2. The molecule has 5 nitrogen and oxygen atoms in total. The number of hydrogen-bond acceptors (Lipinski definition) is 4. The Hall–Kier alpha value is -3.99. The molecular formula is C27H22N4O. The number of benzene rings is 2. The van der Waals surface area contributed by atoms with Crippen LogP contribution in [-0.2, 0) is 6.42 Å². The van der Waals surface area contributed by atoms with Gasteiger partial charge >= 0.3 is 0 Å². The molecule has 5 heteroatoms. The van der Waals surface area contributed by atoms with Crippen LogP contribution in [0.25, 0.3) is 33.4 Å². The predicted octanol–water partition coefficient (Wildman–Crippen LogP) is 5.73. The van der Waals surface area contributed by atoms with E-state index in [9.17, 15) is 0 Å². The molecule has 1 unspecified atom stereocenters. The van der Waals surface area contributed by atoms with Crippen molar-refractivity contribution in [3.63, 3.8) is 0 Å². The molecule has 32 heavy (non-hydrogen) atoms. The highest BCUT2D eigenvalue weighted by molar-refractivity contribution is 5.98. The van der Waals surface area contributed by atoms with Crippen LogP contribution in [0, 0.1) is 0 Å². The van der Waals surface area contributed by atoms with Gasteiger partial charge < -0.3 is 4.74 Å². The van der Waals surface area contributed by atoms with Gasteiger partial charge in [-0.2, -0.15) is 5.10 Å². The Morgan fingerprint density at radius 2 is 1.69 bits per heavy atom. The lowest BCUT2D eigenvalue weighted by molar-refractivity contribution is 0.245. The summed E-state index contributed by atoms with van der Waals surface area (Å²) in [5.74, 6) is 0.887. The molecule has 0 spiro atoms. The van der Waals surface area contributed by atoms with Gasteiger partial charge in [0.05, 0.1) is 17.3 Å². The summed E-state index contributed by atoms with van der Waals surface area (Å²) >= 11 is 0. The lowest BCUT2D eigenvalue weighted by Crippen LogP contribution is -2.15. The van der Waals surface area contributed by atoms with Crippen molar-refractivity contribution in [1.29, 1.82) is 0 Å². The molecule has 0 bridgehead atoms. The van der Waals surface area contributed by atoms with Crippen LogP contribution < -0.4 is 4.74 Å². The Kier molecular flexibility index (Phi) is 4.65. The van der Waals surface area contributed by atoms with Gasteiger partial charge in [-0.25, -0.2) is 0 Å². The lowest BCUT2D eigenvalue weighted by atomic mass is 9.96. The first-order chi connectivity index (χ1) is 15.9. The average Bonchev–Trinajstić information content (AvgIpc) is 3.43. The van der Waals surface area contributed by atoms with E-state index >= 15 is 0 Å². The van der Waals surface area contributed by atoms with E-state index in [0.29, 0.717) is 6.61 Å². The molecule has 0 aliphatic carbocycles. The highest BCUT2D eigenvalue weighted by atomic mass is 16.5. The zero-order valence-electron chi connectivity index (χ0n) is 17.6. The molecule has 0 fully saturated rings. The van der Waals surface area contributed by atoms with Gasteiger partial charge in [0.1, 0.15) is 18.1 Å². The van der Waals surface area contributed by atoms with Gasteiger partial charge in [-0.15, -0.1) is 0 Å². The standard InChI is InChI=1S/C27H22N4O/c1-2-8-20(9-3-1)32-18-19-13-14-25-26(22-15-17-29-23-11-5-4-10-21(22)23)27(30-31(19)25)24-12-6-7-16-28-24/h1-12,15-17,19H,13-14,18H2. The van der Waals surface area contributed by atoms with Crippen molar-refractivity contribution in [2.24, 2.45) is 0 Å². The topological polar surface area (TPSA) is 52.8 Å². The zero-order chi connectivity index (χ0) is 21.3. The van der Waals surface area contributed by atoms with E-state index in [1.165, 1.54) is 5.69 Å². The monoisotopic (exact) mass is 418 g/mol. The van der Waals surface area contributed by atoms with E-state index in [-0.39, 0.29) is 6.04 Å². The molecular weight excluding hydrogens is 396 g/mol. The number of ether oxygens (including phenoxy) is 1. The average molecular weight is 419 g/mol. The van der Waals surface area contributed by atoms with Gasteiger partial charge in [0.25, 0.3) is 0 Å². The molecule has 5 aromatic rings. The first-order valence-electron chi connectivity index (χ1n) is 10.9. The fraction of sp³-hybridized carbons (Fsp3) is 0.148. The lowest BCUT2D eigenvalue weighted by Gasteiger charge is -2.13. The van der Waals surface area contributed by atoms with Crippen molar-refractivity contribution in [2.75, 3.05) is 6.61 Å². The molecule has 1 atom stereocenters. The molecule has 0 saturated heterocycles. The third kappa shape index (κ3) is 3.23. The van der Waals surface area contributed by atoms with Gasteiger partial charge in [-0.1, -0.05) is 42.5 Å². The van der Waals surface area contributed by atoms with Crippen molar-refractivity contribution in [3.05, 3.63) is 97.0 Å². The number of nitrogens with zero attached hydrogens (tertiary/aromatic N) is 4. The van der Waals surface area contributed by atoms with E-state index in [1.807, 2.05) is 67.0 Å². The van der Waals surface area contributed by atoms with E-state index < -0.39 is 0 Å². The van der Waals surface area contributed by atoms with Crippen molar-refractivity contribution in [1.82, 2.24) is 19.7 Å². The second-order valence-corrected chi connectivity index (χ2v) is 8.02. The van der Waals surface area contributed by atoms with Crippen LogP contribution in [0.15, 0.2) is 91.3 Å². The summed E-state index contributed by atoms with van der Waals surface area (Å²) in [6, 6.07) is 26.5. The maximum Gasteiger partial charge on any atom is 0.119 e. The zero-order valence-corrected chi connectivity index (χ0v) is 17.6. The first-order valence-corrected chi connectivity index (χ1v) is 10.9. The summed E-state index contributed by atoms with van der Waals surface area (Å²) in [6.45, 7) is 0.594. The highest BCUT2D eigenvalue weighted by Crippen LogP contribution is 2.42. The third-order valence-corrected chi connectivity index (χ3v) is 6.08. The second-order valence-electron chi connectivity index (χ2n) is 8.02. The maximum absolute atomic E-state index is 6.09. The Bertz CT molecular complexity index is 1370. The molecule has 0 saturated carbocycles. The molecule has 0 amide bonds. The quantitative estimate of drug-likeness (QED) is 0.366. The van der Waals surface area contributed by atoms with Gasteiger partial charge in [0.15, 0.2) is 0 Å². The fourth-order valence-corrected chi connectivity index (χ4v) is 4.58. The molecule has 2 aromatic carbocycles. The van der Waals surface area contributed by atoms with E-state index in [0.717, 1.165) is 52.0 Å². The minimum absolute atomic E-state index is 0.189. The Labute approximate surface area is 186 Å². The van der Waals surface area contributed by atoms with Gasteiger partial charge in [-0.3, -0.25) is 14.6 Å². The van der Waals surface area contributed by atoms with E-state index in [2.05, 4.69) is 38.9 Å². The first kappa shape index (κ1) is 18.8. The smallest absolute Gasteiger partial charge is 0.119 e. The largest absolute Gasteiger partial charge is 0.491 e. The van der Waals surface area contributed by atoms with Crippen molar-refractivity contribution in [2.45, 2.75) is 18.9 Å². The maximum atomic E-state index is 6.09. The molecule has 1 aliphatic rings. The summed E-state index contributed by atoms with van der Waals surface area (Å²) in [6.07, 6.45) is 5.67. The van der Waals surface area contributed by atoms with Crippen LogP contribution in [0.1, 0.15) is 18.2 Å². The second kappa shape index (κ2) is 7.93. The number of aromatic nitrogens is 4. The Morgan fingerprint density at radius 1 is 0.844 bits per heavy atom. The van der Waals surface area contributed by atoms with Crippen LogP contribution in [0.3, 0.4) is 0 Å². The van der Waals surface area contributed by atoms with Crippen LogP contribution >= 0.6 is 0 Å². The van der Waals surface area contributed by atoms with Gasteiger partial charge in [-0.05, 0) is 54.8 Å². The third-order valence-electron chi connectivity index (χ3n) is 6.08. The van der Waals surface area contributed by atoms with Crippen LogP contribution in [-0.4, -0.2) is 26.4 Å². The molecule has 3 aromatic heterocycles. The van der Waals surface area contributed by atoms with Crippen molar-refractivity contribution in [3.8, 4) is 28.3 Å². The minimum atomic E-state index is 0.189. The number of para-hydroxylation sites is 2. The van der Waals surface area contributed by atoms with E-state index in [1.54, 1.807) is 0 Å². The van der Waals surface area contributed by atoms with Crippen LogP contribution in [0.2, 0.25) is 0 Å².